The molecule has 5 heteroatoms. The van der Waals surface area contributed by atoms with E-state index in [1.54, 1.807) is 0 Å². The molecule has 0 radical (unpaired) electrons. The summed E-state index contributed by atoms with van der Waals surface area (Å²) < 4.78 is 0. The number of carboxylic acid groups (broad SMARTS) is 1. The maximum Gasteiger partial charge on any atom is 0.304 e. The molecule has 1 fully saturated rings. The number of nitrogens with zero attached hydrogens (tertiary/aromatic N) is 2. The molecular formula is C13H21N3O2. The van der Waals surface area contributed by atoms with Crippen molar-refractivity contribution in [3.05, 3.63) is 17.7 Å². The van der Waals surface area contributed by atoms with Crippen LogP contribution in [0.2, 0.25) is 0 Å². The molecule has 1 saturated heterocycles. The van der Waals surface area contributed by atoms with Crippen LogP contribution >= 0.6 is 0 Å². The van der Waals surface area contributed by atoms with E-state index in [0.29, 0.717) is 5.92 Å². The summed E-state index contributed by atoms with van der Waals surface area (Å²) in [6, 6.07) is 0. The number of hydrogen-bond donors (Lipinski definition) is 2. The lowest BCUT2D eigenvalue weighted by Crippen LogP contribution is -2.30. The van der Waals surface area contributed by atoms with E-state index >= 15 is 0 Å². The first-order valence-corrected chi connectivity index (χ1v) is 6.51. The molecule has 0 spiro atoms. The van der Waals surface area contributed by atoms with E-state index in [1.165, 1.54) is 12.8 Å². The van der Waals surface area contributed by atoms with Gasteiger partial charge in [-0.15, -0.1) is 0 Å². The molecule has 1 aliphatic heterocycles. The van der Waals surface area contributed by atoms with Gasteiger partial charge < -0.3 is 15.0 Å². The number of piperidine rings is 1. The second-order valence-corrected chi connectivity index (χ2v) is 5.32. The molecular weight excluding hydrogens is 230 g/mol. The topological polar surface area (TPSA) is 69.2 Å². The smallest absolute Gasteiger partial charge is 0.304 e. The zero-order chi connectivity index (χ0) is 13.1. The van der Waals surface area contributed by atoms with Gasteiger partial charge in [0, 0.05) is 30.3 Å². The van der Waals surface area contributed by atoms with Gasteiger partial charge in [0.2, 0.25) is 0 Å². The SMILES string of the molecule is CC(CC(=O)O)c1ncc(C2CCCN(C)C2)[nH]1. The second-order valence-electron chi connectivity index (χ2n) is 5.32. The molecule has 100 valence electrons. The van der Waals surface area contributed by atoms with E-state index in [1.807, 2.05) is 13.1 Å². The van der Waals surface area contributed by atoms with Gasteiger partial charge in [0.05, 0.1) is 6.42 Å². The summed E-state index contributed by atoms with van der Waals surface area (Å²) in [7, 11) is 2.14. The van der Waals surface area contributed by atoms with Crippen LogP contribution in [-0.4, -0.2) is 46.1 Å². The molecule has 0 aromatic carbocycles. The number of likely N-dealkylation sites (tertiary alicyclic amines) is 1. The summed E-state index contributed by atoms with van der Waals surface area (Å²) in [5, 5.41) is 8.79. The lowest BCUT2D eigenvalue weighted by Gasteiger charge is -2.28. The molecule has 2 N–H and O–H groups in total. The molecule has 2 unspecified atom stereocenters. The normalized spacial score (nSPS) is 22.9. The van der Waals surface area contributed by atoms with Crippen molar-refractivity contribution >= 4 is 5.97 Å². The van der Waals surface area contributed by atoms with Crippen LogP contribution < -0.4 is 0 Å². The first-order valence-electron chi connectivity index (χ1n) is 6.51. The highest BCUT2D eigenvalue weighted by Gasteiger charge is 2.22. The summed E-state index contributed by atoms with van der Waals surface area (Å²) >= 11 is 0. The summed E-state index contributed by atoms with van der Waals surface area (Å²) in [5.41, 5.74) is 1.15. The summed E-state index contributed by atoms with van der Waals surface area (Å²) in [4.78, 5) is 20.7. The third-order valence-corrected chi connectivity index (χ3v) is 3.63. The zero-order valence-electron chi connectivity index (χ0n) is 11.0. The average Bonchev–Trinajstić information content (AvgIpc) is 2.77. The average molecular weight is 251 g/mol. The molecule has 0 amide bonds. The number of carboxylic acids is 1. The van der Waals surface area contributed by atoms with Gasteiger partial charge in [0.25, 0.3) is 0 Å². The van der Waals surface area contributed by atoms with Crippen LogP contribution in [0.5, 0.6) is 0 Å². The first kappa shape index (κ1) is 13.1. The number of aliphatic carboxylic acids is 1. The van der Waals surface area contributed by atoms with Gasteiger partial charge in [-0.3, -0.25) is 4.79 Å². The van der Waals surface area contributed by atoms with Crippen molar-refractivity contribution in [1.29, 1.82) is 0 Å². The van der Waals surface area contributed by atoms with Gasteiger partial charge in [-0.1, -0.05) is 6.92 Å². The molecule has 0 aliphatic carbocycles. The number of H-pyrrole nitrogens is 1. The van der Waals surface area contributed by atoms with Crippen LogP contribution in [0.25, 0.3) is 0 Å². The van der Waals surface area contributed by atoms with Crippen LogP contribution in [0, 0.1) is 0 Å². The number of imidazole rings is 1. The molecule has 0 bridgehead atoms. The van der Waals surface area contributed by atoms with Gasteiger partial charge in [-0.25, -0.2) is 4.98 Å². The van der Waals surface area contributed by atoms with Gasteiger partial charge in [0.15, 0.2) is 0 Å². The Kier molecular flexibility index (Phi) is 4.01. The Balaban J connectivity index is 2.03. The van der Waals surface area contributed by atoms with E-state index in [2.05, 4.69) is 21.9 Å². The Morgan fingerprint density at radius 1 is 1.72 bits per heavy atom. The number of aromatic nitrogens is 2. The lowest BCUT2D eigenvalue weighted by molar-refractivity contribution is -0.137. The Hall–Kier alpha value is -1.36. The fourth-order valence-electron chi connectivity index (χ4n) is 2.59. The van der Waals surface area contributed by atoms with Crippen LogP contribution in [0.15, 0.2) is 6.20 Å². The van der Waals surface area contributed by atoms with Crippen molar-refractivity contribution in [2.45, 2.75) is 38.0 Å². The largest absolute Gasteiger partial charge is 0.481 e. The minimum Gasteiger partial charge on any atom is -0.481 e. The number of carbonyl (C=O) groups is 1. The Bertz CT molecular complexity index is 416. The summed E-state index contributed by atoms with van der Waals surface area (Å²) in [5.74, 6) is 0.457. The minimum atomic E-state index is -0.780. The van der Waals surface area contributed by atoms with E-state index in [9.17, 15) is 4.79 Å². The quantitative estimate of drug-likeness (QED) is 0.856. The van der Waals surface area contributed by atoms with Crippen LogP contribution in [0.3, 0.4) is 0 Å². The maximum absolute atomic E-state index is 10.7. The third-order valence-electron chi connectivity index (χ3n) is 3.63. The zero-order valence-corrected chi connectivity index (χ0v) is 11.0. The third kappa shape index (κ3) is 3.10. The second kappa shape index (κ2) is 5.52. The molecule has 1 aliphatic rings. The van der Waals surface area contributed by atoms with Gasteiger partial charge in [0.1, 0.15) is 5.82 Å². The van der Waals surface area contributed by atoms with Gasteiger partial charge >= 0.3 is 5.97 Å². The molecule has 2 rings (SSSR count). The van der Waals surface area contributed by atoms with E-state index < -0.39 is 5.97 Å². The molecule has 5 nitrogen and oxygen atoms in total. The monoisotopic (exact) mass is 251 g/mol. The van der Waals surface area contributed by atoms with Crippen molar-refractivity contribution in [2.75, 3.05) is 20.1 Å². The first-order chi connectivity index (χ1) is 8.56. The van der Waals surface area contributed by atoms with Crippen LogP contribution in [0.4, 0.5) is 0 Å². The molecule has 18 heavy (non-hydrogen) atoms. The standard InChI is InChI=1S/C13H21N3O2/c1-9(6-12(17)18)13-14-7-11(15-13)10-4-3-5-16(2)8-10/h7,9-10H,3-6,8H2,1-2H3,(H,14,15)(H,17,18). The summed E-state index contributed by atoms with van der Waals surface area (Å²) in [6.07, 6.45) is 4.38. The van der Waals surface area contributed by atoms with E-state index in [-0.39, 0.29) is 12.3 Å². The van der Waals surface area contributed by atoms with Crippen molar-refractivity contribution < 1.29 is 9.90 Å². The number of hydrogen-bond acceptors (Lipinski definition) is 3. The number of likely N-dealkylation sites (N-methyl/N-ethyl adjacent to an activating group) is 1. The predicted octanol–water partition coefficient (Wildman–Crippen LogP) is 1.80. The predicted molar refractivity (Wildman–Crippen MR) is 68.7 cm³/mol. The lowest BCUT2D eigenvalue weighted by atomic mass is 9.96. The van der Waals surface area contributed by atoms with Crippen LogP contribution in [0.1, 0.15) is 49.5 Å². The Morgan fingerprint density at radius 2 is 2.50 bits per heavy atom. The molecule has 0 saturated carbocycles. The molecule has 2 atom stereocenters. The van der Waals surface area contributed by atoms with E-state index in [0.717, 1.165) is 24.6 Å². The minimum absolute atomic E-state index is 0.0578. The van der Waals surface area contributed by atoms with Crippen molar-refractivity contribution in [3.63, 3.8) is 0 Å². The van der Waals surface area contributed by atoms with Crippen LogP contribution in [-0.2, 0) is 4.79 Å². The highest BCUT2D eigenvalue weighted by molar-refractivity contribution is 5.67. The van der Waals surface area contributed by atoms with Gasteiger partial charge in [-0.05, 0) is 26.4 Å². The number of nitrogens with one attached hydrogen (secondary N) is 1. The summed E-state index contributed by atoms with van der Waals surface area (Å²) in [6.45, 7) is 4.10. The Labute approximate surface area is 107 Å². The van der Waals surface area contributed by atoms with E-state index in [4.69, 9.17) is 5.11 Å². The van der Waals surface area contributed by atoms with Crippen molar-refractivity contribution in [3.8, 4) is 0 Å². The molecule has 1 aromatic heterocycles. The molecule has 2 heterocycles. The molecule has 1 aromatic rings. The fourth-order valence-corrected chi connectivity index (χ4v) is 2.59. The fraction of sp³-hybridized carbons (Fsp3) is 0.692. The Morgan fingerprint density at radius 3 is 3.17 bits per heavy atom. The highest BCUT2D eigenvalue weighted by atomic mass is 16.4. The highest BCUT2D eigenvalue weighted by Crippen LogP contribution is 2.26. The van der Waals surface area contributed by atoms with Crippen molar-refractivity contribution in [2.24, 2.45) is 0 Å². The van der Waals surface area contributed by atoms with Crippen molar-refractivity contribution in [1.82, 2.24) is 14.9 Å². The van der Waals surface area contributed by atoms with Gasteiger partial charge in [-0.2, -0.15) is 0 Å². The number of rotatable bonds is 4. The number of aromatic amines is 1. The maximum atomic E-state index is 10.7.